The average molecular weight is 235 g/mol. The van der Waals surface area contributed by atoms with Crippen LogP contribution in [0.25, 0.3) is 0 Å². The molecule has 4 nitrogen and oxygen atoms in total. The van der Waals surface area contributed by atoms with Crippen LogP contribution in [-0.4, -0.2) is 29.3 Å². The fourth-order valence-electron chi connectivity index (χ4n) is 2.50. The first-order chi connectivity index (χ1) is 8.28. The van der Waals surface area contributed by atoms with Gasteiger partial charge in [0, 0.05) is 25.0 Å². The van der Waals surface area contributed by atoms with Crippen molar-refractivity contribution in [2.24, 2.45) is 0 Å². The predicted octanol–water partition coefficient (Wildman–Crippen LogP) is 2.23. The number of pyridine rings is 1. The quantitative estimate of drug-likeness (QED) is 0.749. The first kappa shape index (κ1) is 12.2. The number of nitrogens with one attached hydrogen (secondary N) is 2. The summed E-state index contributed by atoms with van der Waals surface area (Å²) in [5, 5.41) is 16.1. The van der Waals surface area contributed by atoms with Gasteiger partial charge in [-0.2, -0.15) is 0 Å². The molecule has 0 spiro atoms. The van der Waals surface area contributed by atoms with Gasteiger partial charge in [0.05, 0.1) is 12.1 Å². The van der Waals surface area contributed by atoms with Crippen molar-refractivity contribution in [1.82, 2.24) is 4.98 Å². The summed E-state index contributed by atoms with van der Waals surface area (Å²) >= 11 is 0. The number of hydrogen-bond donors (Lipinski definition) is 3. The molecule has 94 valence electrons. The largest absolute Gasteiger partial charge is 0.394 e. The van der Waals surface area contributed by atoms with Crippen molar-refractivity contribution in [3.05, 3.63) is 18.3 Å². The Balaban J connectivity index is 2.11. The lowest BCUT2D eigenvalue weighted by Crippen LogP contribution is -2.43. The van der Waals surface area contributed by atoms with E-state index in [1.807, 2.05) is 19.2 Å². The number of aliphatic hydroxyl groups is 1. The second kappa shape index (κ2) is 5.36. The third-order valence-electron chi connectivity index (χ3n) is 3.54. The minimum absolute atomic E-state index is 0.134. The highest BCUT2D eigenvalue weighted by molar-refractivity contribution is 5.53. The van der Waals surface area contributed by atoms with Gasteiger partial charge in [-0.1, -0.05) is 19.3 Å². The van der Waals surface area contributed by atoms with Crippen LogP contribution in [-0.2, 0) is 0 Å². The molecule has 4 heteroatoms. The molecule has 0 amide bonds. The number of nitrogens with zero attached hydrogens (tertiary/aromatic N) is 1. The molecule has 1 saturated carbocycles. The number of rotatable bonds is 4. The highest BCUT2D eigenvalue weighted by Crippen LogP contribution is 2.31. The van der Waals surface area contributed by atoms with Crippen molar-refractivity contribution in [2.75, 3.05) is 24.3 Å². The minimum Gasteiger partial charge on any atom is -0.394 e. The van der Waals surface area contributed by atoms with Crippen LogP contribution in [0.1, 0.15) is 32.1 Å². The van der Waals surface area contributed by atoms with Crippen LogP contribution in [0.3, 0.4) is 0 Å². The first-order valence-electron chi connectivity index (χ1n) is 6.31. The van der Waals surface area contributed by atoms with E-state index in [2.05, 4.69) is 15.6 Å². The second-order valence-electron chi connectivity index (χ2n) is 4.80. The van der Waals surface area contributed by atoms with Gasteiger partial charge in [0.1, 0.15) is 5.82 Å². The summed E-state index contributed by atoms with van der Waals surface area (Å²) in [6, 6.07) is 3.93. The van der Waals surface area contributed by atoms with Gasteiger partial charge < -0.3 is 15.7 Å². The van der Waals surface area contributed by atoms with Gasteiger partial charge in [-0.15, -0.1) is 0 Å². The highest BCUT2D eigenvalue weighted by atomic mass is 16.3. The third-order valence-corrected chi connectivity index (χ3v) is 3.54. The zero-order valence-electron chi connectivity index (χ0n) is 10.4. The molecule has 3 N–H and O–H groups in total. The fraction of sp³-hybridized carbons (Fsp3) is 0.615. The number of anilines is 2. The van der Waals surface area contributed by atoms with Crippen molar-refractivity contribution in [3.63, 3.8) is 0 Å². The van der Waals surface area contributed by atoms with Gasteiger partial charge >= 0.3 is 0 Å². The van der Waals surface area contributed by atoms with Crippen LogP contribution in [0.15, 0.2) is 18.3 Å². The Morgan fingerprint density at radius 3 is 2.76 bits per heavy atom. The summed E-state index contributed by atoms with van der Waals surface area (Å²) in [4.78, 5) is 4.19. The molecule has 0 atom stereocenters. The molecular formula is C13H21N3O. The Kier molecular flexibility index (Phi) is 3.84. The molecule has 0 aliphatic heterocycles. The predicted molar refractivity (Wildman–Crippen MR) is 70.3 cm³/mol. The van der Waals surface area contributed by atoms with E-state index in [0.29, 0.717) is 0 Å². The van der Waals surface area contributed by atoms with Crippen molar-refractivity contribution in [1.29, 1.82) is 0 Å². The number of aromatic nitrogens is 1. The van der Waals surface area contributed by atoms with Crippen LogP contribution in [0.2, 0.25) is 0 Å². The molecule has 1 aliphatic rings. The van der Waals surface area contributed by atoms with Gasteiger partial charge in [-0.05, 0) is 18.9 Å². The Morgan fingerprint density at radius 1 is 1.35 bits per heavy atom. The molecule has 0 saturated heterocycles. The van der Waals surface area contributed by atoms with Crippen LogP contribution in [0, 0.1) is 0 Å². The number of aliphatic hydroxyl groups excluding tert-OH is 1. The van der Waals surface area contributed by atoms with Crippen molar-refractivity contribution < 1.29 is 5.11 Å². The Bertz CT molecular complexity index is 361. The summed E-state index contributed by atoms with van der Waals surface area (Å²) in [5.74, 6) is 0.846. The van der Waals surface area contributed by atoms with Crippen LogP contribution < -0.4 is 10.6 Å². The van der Waals surface area contributed by atoms with Gasteiger partial charge in [-0.3, -0.25) is 0 Å². The fourth-order valence-corrected chi connectivity index (χ4v) is 2.50. The maximum Gasteiger partial charge on any atom is 0.127 e. The highest BCUT2D eigenvalue weighted by Gasteiger charge is 2.31. The second-order valence-corrected chi connectivity index (χ2v) is 4.80. The van der Waals surface area contributed by atoms with Crippen LogP contribution in [0.4, 0.5) is 11.5 Å². The Morgan fingerprint density at radius 2 is 2.12 bits per heavy atom. The van der Waals surface area contributed by atoms with Crippen molar-refractivity contribution in [3.8, 4) is 0 Å². The zero-order chi connectivity index (χ0) is 12.1. The van der Waals surface area contributed by atoms with E-state index in [0.717, 1.165) is 24.3 Å². The van der Waals surface area contributed by atoms with Gasteiger partial charge in [-0.25, -0.2) is 4.98 Å². The Hall–Kier alpha value is -1.29. The molecule has 1 heterocycles. The van der Waals surface area contributed by atoms with Crippen LogP contribution >= 0.6 is 0 Å². The zero-order valence-corrected chi connectivity index (χ0v) is 10.4. The maximum absolute atomic E-state index is 9.64. The molecule has 0 bridgehead atoms. The van der Waals surface area contributed by atoms with E-state index in [1.54, 1.807) is 6.20 Å². The molecule has 1 aromatic rings. The van der Waals surface area contributed by atoms with Gasteiger partial charge in [0.15, 0.2) is 0 Å². The SMILES string of the molecule is CNc1cc(NC2(CO)CCCCC2)ccn1. The van der Waals surface area contributed by atoms with E-state index >= 15 is 0 Å². The van der Waals surface area contributed by atoms with E-state index in [1.165, 1.54) is 19.3 Å². The maximum atomic E-state index is 9.64. The van der Waals surface area contributed by atoms with Crippen molar-refractivity contribution >= 4 is 11.5 Å². The normalized spacial score (nSPS) is 18.7. The van der Waals surface area contributed by atoms with Crippen molar-refractivity contribution in [2.45, 2.75) is 37.6 Å². The molecule has 0 unspecified atom stereocenters. The number of hydrogen-bond acceptors (Lipinski definition) is 4. The molecule has 0 radical (unpaired) electrons. The lowest BCUT2D eigenvalue weighted by atomic mass is 9.82. The average Bonchev–Trinajstić information content (AvgIpc) is 2.40. The minimum atomic E-state index is -0.134. The standard InChI is InChI=1S/C13H21N3O/c1-14-12-9-11(5-8-15-12)16-13(10-17)6-3-2-4-7-13/h5,8-9,17H,2-4,6-7,10H2,1H3,(H2,14,15,16). The first-order valence-corrected chi connectivity index (χ1v) is 6.31. The van der Waals surface area contributed by atoms with E-state index < -0.39 is 0 Å². The van der Waals surface area contributed by atoms with Crippen LogP contribution in [0.5, 0.6) is 0 Å². The lowest BCUT2D eigenvalue weighted by molar-refractivity contribution is 0.173. The third kappa shape index (κ3) is 2.88. The van der Waals surface area contributed by atoms with E-state index in [4.69, 9.17) is 0 Å². The smallest absolute Gasteiger partial charge is 0.127 e. The topological polar surface area (TPSA) is 57.2 Å². The summed E-state index contributed by atoms with van der Waals surface area (Å²) < 4.78 is 0. The molecule has 2 rings (SSSR count). The molecule has 1 aromatic heterocycles. The van der Waals surface area contributed by atoms with Gasteiger partial charge in [0.2, 0.25) is 0 Å². The monoisotopic (exact) mass is 235 g/mol. The summed E-state index contributed by atoms with van der Waals surface area (Å²) in [5.41, 5.74) is 0.894. The molecular weight excluding hydrogens is 214 g/mol. The van der Waals surface area contributed by atoms with Gasteiger partial charge in [0.25, 0.3) is 0 Å². The Labute approximate surface area is 102 Å². The van der Waals surface area contributed by atoms with E-state index in [9.17, 15) is 5.11 Å². The molecule has 17 heavy (non-hydrogen) atoms. The summed E-state index contributed by atoms with van der Waals surface area (Å²) in [6.07, 6.45) is 7.53. The molecule has 1 fully saturated rings. The summed E-state index contributed by atoms with van der Waals surface area (Å²) in [6.45, 7) is 0.199. The lowest BCUT2D eigenvalue weighted by Gasteiger charge is -2.37. The molecule has 0 aromatic carbocycles. The summed E-state index contributed by atoms with van der Waals surface area (Å²) in [7, 11) is 1.86. The molecule has 1 aliphatic carbocycles. The van der Waals surface area contributed by atoms with E-state index in [-0.39, 0.29) is 12.1 Å².